The highest BCUT2D eigenvalue weighted by Gasteiger charge is 2.12. The molecule has 0 spiro atoms. The standard InChI is InChI=1S/C15H20N2O/c1-15(2,3)12-7-4-11(5-8-12)6-9-13-10-18-14(16)17-13/h4-5,7-8,10H,6,9H2,1-3H3,(H2,16,17). The highest BCUT2D eigenvalue weighted by molar-refractivity contribution is 5.28. The van der Waals surface area contributed by atoms with Gasteiger partial charge < -0.3 is 10.2 Å². The minimum absolute atomic E-state index is 0.207. The highest BCUT2D eigenvalue weighted by atomic mass is 16.4. The van der Waals surface area contributed by atoms with E-state index in [0.29, 0.717) is 0 Å². The maximum Gasteiger partial charge on any atom is 0.292 e. The molecule has 1 aromatic carbocycles. The van der Waals surface area contributed by atoms with Crippen LogP contribution in [0.15, 0.2) is 34.9 Å². The van der Waals surface area contributed by atoms with Crippen molar-refractivity contribution in [3.05, 3.63) is 47.3 Å². The van der Waals surface area contributed by atoms with Crippen LogP contribution in [-0.2, 0) is 18.3 Å². The minimum Gasteiger partial charge on any atom is -0.432 e. The summed E-state index contributed by atoms with van der Waals surface area (Å²) in [6, 6.07) is 9.01. The average Bonchev–Trinajstić information content (AvgIpc) is 2.72. The van der Waals surface area contributed by atoms with E-state index >= 15 is 0 Å². The third-order valence-corrected chi connectivity index (χ3v) is 3.06. The van der Waals surface area contributed by atoms with Crippen LogP contribution in [0.2, 0.25) is 0 Å². The molecule has 2 rings (SSSR count). The zero-order valence-electron chi connectivity index (χ0n) is 11.2. The van der Waals surface area contributed by atoms with Crippen molar-refractivity contribution < 1.29 is 4.42 Å². The quantitative estimate of drug-likeness (QED) is 0.901. The lowest BCUT2D eigenvalue weighted by Crippen LogP contribution is -2.10. The van der Waals surface area contributed by atoms with Crippen molar-refractivity contribution in [2.24, 2.45) is 0 Å². The number of benzene rings is 1. The molecule has 0 atom stereocenters. The second-order valence-electron chi connectivity index (χ2n) is 5.62. The Morgan fingerprint density at radius 3 is 2.28 bits per heavy atom. The Kier molecular flexibility index (Phi) is 3.41. The summed E-state index contributed by atoms with van der Waals surface area (Å²) < 4.78 is 4.98. The predicted molar refractivity (Wildman–Crippen MR) is 73.5 cm³/mol. The van der Waals surface area contributed by atoms with E-state index in [-0.39, 0.29) is 11.4 Å². The molecule has 2 aromatic rings. The van der Waals surface area contributed by atoms with Crippen LogP contribution in [0, 0.1) is 0 Å². The van der Waals surface area contributed by atoms with Gasteiger partial charge in [-0.15, -0.1) is 0 Å². The molecule has 0 aliphatic carbocycles. The van der Waals surface area contributed by atoms with Gasteiger partial charge in [0.05, 0.1) is 5.69 Å². The fraction of sp³-hybridized carbons (Fsp3) is 0.400. The molecule has 96 valence electrons. The lowest BCUT2D eigenvalue weighted by molar-refractivity contribution is 0.578. The molecular formula is C15H20N2O. The maximum atomic E-state index is 5.44. The summed E-state index contributed by atoms with van der Waals surface area (Å²) in [5.41, 5.74) is 9.22. The zero-order valence-corrected chi connectivity index (χ0v) is 11.2. The predicted octanol–water partition coefficient (Wildman–Crippen LogP) is 3.34. The Bertz CT molecular complexity index is 506. The first-order valence-electron chi connectivity index (χ1n) is 6.24. The summed E-state index contributed by atoms with van der Waals surface area (Å²) >= 11 is 0. The molecular weight excluding hydrogens is 224 g/mol. The van der Waals surface area contributed by atoms with Gasteiger partial charge in [0.15, 0.2) is 0 Å². The van der Waals surface area contributed by atoms with E-state index in [1.165, 1.54) is 11.1 Å². The summed E-state index contributed by atoms with van der Waals surface area (Å²) in [6.07, 6.45) is 3.44. The Balaban J connectivity index is 1.98. The van der Waals surface area contributed by atoms with Crippen LogP contribution in [0.5, 0.6) is 0 Å². The monoisotopic (exact) mass is 244 g/mol. The highest BCUT2D eigenvalue weighted by Crippen LogP contribution is 2.22. The van der Waals surface area contributed by atoms with Crippen molar-refractivity contribution in [1.29, 1.82) is 0 Å². The molecule has 0 saturated carbocycles. The Morgan fingerprint density at radius 1 is 1.11 bits per heavy atom. The van der Waals surface area contributed by atoms with Crippen LogP contribution < -0.4 is 5.73 Å². The van der Waals surface area contributed by atoms with E-state index in [2.05, 4.69) is 50.0 Å². The van der Waals surface area contributed by atoms with E-state index in [4.69, 9.17) is 10.2 Å². The molecule has 2 N–H and O–H groups in total. The summed E-state index contributed by atoms with van der Waals surface area (Å²) in [5, 5.41) is 0. The van der Waals surface area contributed by atoms with E-state index in [1.807, 2.05) is 0 Å². The Morgan fingerprint density at radius 2 is 1.78 bits per heavy atom. The summed E-state index contributed by atoms with van der Waals surface area (Å²) in [5.74, 6) is 0. The van der Waals surface area contributed by atoms with Gasteiger partial charge in [-0.25, -0.2) is 0 Å². The third-order valence-electron chi connectivity index (χ3n) is 3.06. The number of rotatable bonds is 3. The van der Waals surface area contributed by atoms with Gasteiger partial charge in [-0.3, -0.25) is 0 Å². The van der Waals surface area contributed by atoms with Gasteiger partial charge >= 0.3 is 0 Å². The number of nitrogens with two attached hydrogens (primary N) is 1. The van der Waals surface area contributed by atoms with Gasteiger partial charge in [-0.2, -0.15) is 4.98 Å². The summed E-state index contributed by atoms with van der Waals surface area (Å²) in [6.45, 7) is 6.67. The van der Waals surface area contributed by atoms with Crippen molar-refractivity contribution in [2.45, 2.75) is 39.0 Å². The minimum atomic E-state index is 0.207. The van der Waals surface area contributed by atoms with E-state index in [0.717, 1.165) is 18.5 Å². The first-order valence-corrected chi connectivity index (χ1v) is 6.24. The van der Waals surface area contributed by atoms with Crippen LogP contribution in [-0.4, -0.2) is 4.98 Å². The molecule has 0 saturated heterocycles. The number of anilines is 1. The number of aromatic nitrogens is 1. The third kappa shape index (κ3) is 3.13. The second kappa shape index (κ2) is 4.84. The number of nitrogens with zero attached hydrogens (tertiary/aromatic N) is 1. The normalized spacial score (nSPS) is 11.7. The molecule has 0 aliphatic rings. The van der Waals surface area contributed by atoms with Gasteiger partial charge in [0.1, 0.15) is 6.26 Å². The first kappa shape index (κ1) is 12.7. The molecule has 0 radical (unpaired) electrons. The Labute approximate surface area is 108 Å². The topological polar surface area (TPSA) is 52.0 Å². The van der Waals surface area contributed by atoms with Gasteiger partial charge in [0.2, 0.25) is 0 Å². The van der Waals surface area contributed by atoms with E-state index < -0.39 is 0 Å². The van der Waals surface area contributed by atoms with Crippen molar-refractivity contribution in [3.63, 3.8) is 0 Å². The molecule has 0 bridgehead atoms. The van der Waals surface area contributed by atoms with Crippen LogP contribution in [0.25, 0.3) is 0 Å². The van der Waals surface area contributed by atoms with Crippen LogP contribution >= 0.6 is 0 Å². The number of aryl methyl sites for hydroxylation is 2. The van der Waals surface area contributed by atoms with E-state index in [1.54, 1.807) is 6.26 Å². The number of hydrogen-bond donors (Lipinski definition) is 1. The molecule has 0 amide bonds. The maximum absolute atomic E-state index is 5.44. The molecule has 0 fully saturated rings. The van der Waals surface area contributed by atoms with Crippen LogP contribution in [0.4, 0.5) is 6.01 Å². The molecule has 1 heterocycles. The second-order valence-corrected chi connectivity index (χ2v) is 5.62. The van der Waals surface area contributed by atoms with Crippen LogP contribution in [0.1, 0.15) is 37.6 Å². The molecule has 3 heteroatoms. The van der Waals surface area contributed by atoms with Gasteiger partial charge in [-0.1, -0.05) is 45.0 Å². The van der Waals surface area contributed by atoms with Crippen molar-refractivity contribution in [3.8, 4) is 0 Å². The van der Waals surface area contributed by atoms with Crippen molar-refractivity contribution in [1.82, 2.24) is 4.98 Å². The Hall–Kier alpha value is -1.77. The average molecular weight is 244 g/mol. The molecule has 0 aliphatic heterocycles. The lowest BCUT2D eigenvalue weighted by atomic mass is 9.86. The van der Waals surface area contributed by atoms with Gasteiger partial charge in [-0.05, 0) is 29.4 Å². The summed E-state index contributed by atoms with van der Waals surface area (Å²) in [7, 11) is 0. The lowest BCUT2D eigenvalue weighted by Gasteiger charge is -2.19. The molecule has 3 nitrogen and oxygen atoms in total. The fourth-order valence-corrected chi connectivity index (χ4v) is 1.88. The number of oxazole rings is 1. The smallest absolute Gasteiger partial charge is 0.292 e. The number of hydrogen-bond acceptors (Lipinski definition) is 3. The SMILES string of the molecule is CC(C)(C)c1ccc(CCc2coc(N)n2)cc1. The largest absolute Gasteiger partial charge is 0.432 e. The van der Waals surface area contributed by atoms with Gasteiger partial charge in [0.25, 0.3) is 6.01 Å². The zero-order chi connectivity index (χ0) is 13.2. The number of nitrogen functional groups attached to an aromatic ring is 1. The van der Waals surface area contributed by atoms with Crippen molar-refractivity contribution >= 4 is 6.01 Å². The first-order chi connectivity index (χ1) is 8.45. The summed E-state index contributed by atoms with van der Waals surface area (Å²) in [4.78, 5) is 4.09. The van der Waals surface area contributed by atoms with Crippen molar-refractivity contribution in [2.75, 3.05) is 5.73 Å². The van der Waals surface area contributed by atoms with Gasteiger partial charge in [0, 0.05) is 0 Å². The molecule has 18 heavy (non-hydrogen) atoms. The molecule has 1 aromatic heterocycles. The van der Waals surface area contributed by atoms with E-state index in [9.17, 15) is 0 Å². The fourth-order valence-electron chi connectivity index (χ4n) is 1.88. The molecule has 0 unspecified atom stereocenters. The van der Waals surface area contributed by atoms with Crippen LogP contribution in [0.3, 0.4) is 0 Å².